The molecule has 0 radical (unpaired) electrons. The highest BCUT2D eigenvalue weighted by atomic mass is 32.1. The van der Waals surface area contributed by atoms with E-state index >= 15 is 0 Å². The van der Waals surface area contributed by atoms with E-state index in [2.05, 4.69) is 48.2 Å². The number of hydrogen-bond donors (Lipinski definition) is 0. The molecule has 0 saturated carbocycles. The maximum Gasteiger partial charge on any atom is 0.197 e. The van der Waals surface area contributed by atoms with Crippen LogP contribution in [0.5, 0.6) is 0 Å². The second-order valence-corrected chi connectivity index (χ2v) is 9.42. The molecule has 3 heterocycles. The largest absolute Gasteiger partial charge is 0.342 e. The van der Waals surface area contributed by atoms with Crippen LogP contribution in [0.2, 0.25) is 0 Å². The minimum absolute atomic E-state index is 0.156. The monoisotopic (exact) mass is 417 g/mol. The summed E-state index contributed by atoms with van der Waals surface area (Å²) in [5.74, 6) is -0.316. The number of ketones is 2. The molecule has 29 heavy (non-hydrogen) atoms. The molecule has 1 aromatic carbocycles. The Hall–Kier alpha value is -2.76. The Bertz CT molecular complexity index is 1330. The summed E-state index contributed by atoms with van der Waals surface area (Å²) in [5.41, 5.74) is 5.85. The first-order chi connectivity index (χ1) is 14.0. The zero-order chi connectivity index (χ0) is 20.3. The molecule has 0 atom stereocenters. The first kappa shape index (κ1) is 18.3. The van der Waals surface area contributed by atoms with Crippen LogP contribution in [0.1, 0.15) is 43.6 Å². The quantitative estimate of drug-likeness (QED) is 0.290. The summed E-state index contributed by atoms with van der Waals surface area (Å²) in [4.78, 5) is 28.0. The Morgan fingerprint density at radius 2 is 1.83 bits per heavy atom. The van der Waals surface area contributed by atoms with Gasteiger partial charge < -0.3 is 4.57 Å². The molecule has 3 aromatic heterocycles. The van der Waals surface area contributed by atoms with Crippen LogP contribution >= 0.6 is 22.7 Å². The Kier molecular flexibility index (Phi) is 4.19. The number of hydrogen-bond acceptors (Lipinski definition) is 4. The van der Waals surface area contributed by atoms with Gasteiger partial charge in [0.1, 0.15) is 0 Å². The molecule has 0 unspecified atom stereocenters. The Morgan fingerprint density at radius 1 is 1.07 bits per heavy atom. The van der Waals surface area contributed by atoms with E-state index in [0.717, 1.165) is 32.6 Å². The van der Waals surface area contributed by atoms with E-state index in [1.165, 1.54) is 10.6 Å². The standard InChI is InChI=1S/C24H19NO2S2/c1-4-14-9-17-16(8-13(14)2)23(26)18(24(17)27)10-15-11-19-22(29-15)12-20(25(19)3)21-6-5-7-28-21/h5-12H,4H2,1-3H3/b18-10+. The summed E-state index contributed by atoms with van der Waals surface area (Å²) >= 11 is 3.33. The highest BCUT2D eigenvalue weighted by Gasteiger charge is 2.33. The third-order valence-electron chi connectivity index (χ3n) is 5.65. The predicted molar refractivity (Wildman–Crippen MR) is 121 cm³/mol. The molecule has 5 heteroatoms. The molecule has 0 saturated heterocycles. The van der Waals surface area contributed by atoms with Gasteiger partial charge in [-0.05, 0) is 66.3 Å². The summed E-state index contributed by atoms with van der Waals surface area (Å²) in [6, 6.07) is 12.2. The maximum absolute atomic E-state index is 12.9. The number of allylic oxidation sites excluding steroid dienone is 1. The number of benzene rings is 1. The lowest BCUT2D eigenvalue weighted by molar-refractivity contribution is 0.0990. The number of carbonyl (C=O) groups is 2. The van der Waals surface area contributed by atoms with Crippen molar-refractivity contribution in [2.45, 2.75) is 20.3 Å². The number of carbonyl (C=O) groups excluding carboxylic acids is 2. The number of aryl methyl sites for hydroxylation is 3. The van der Waals surface area contributed by atoms with Gasteiger partial charge in [0.25, 0.3) is 0 Å². The summed E-state index contributed by atoms with van der Waals surface area (Å²) in [5, 5.41) is 2.08. The zero-order valence-corrected chi connectivity index (χ0v) is 18.0. The fraction of sp³-hybridized carbons (Fsp3) is 0.167. The van der Waals surface area contributed by atoms with Crippen LogP contribution in [0.15, 0.2) is 47.4 Å². The minimum atomic E-state index is -0.160. The van der Waals surface area contributed by atoms with E-state index in [0.29, 0.717) is 11.1 Å². The molecule has 3 nitrogen and oxygen atoms in total. The Morgan fingerprint density at radius 3 is 2.48 bits per heavy atom. The van der Waals surface area contributed by atoms with Crippen molar-refractivity contribution in [3.05, 3.63) is 74.5 Å². The molecule has 1 aliphatic rings. The van der Waals surface area contributed by atoms with Crippen molar-refractivity contribution in [3.8, 4) is 10.6 Å². The third-order valence-corrected chi connectivity index (χ3v) is 7.56. The normalized spacial score (nSPS) is 15.1. The predicted octanol–water partition coefficient (Wildman–Crippen LogP) is 6.30. The van der Waals surface area contributed by atoms with Crippen molar-refractivity contribution in [2.24, 2.45) is 7.05 Å². The van der Waals surface area contributed by atoms with Crippen LogP contribution < -0.4 is 0 Å². The number of nitrogens with zero attached hydrogens (tertiary/aromatic N) is 1. The molecular formula is C24H19NO2S2. The SMILES string of the molecule is CCc1cc2c(cc1C)C(=O)/C(=C\c1cc3c(cc(-c4cccs4)n3C)s1)C2=O. The van der Waals surface area contributed by atoms with E-state index in [1.807, 2.05) is 19.1 Å². The summed E-state index contributed by atoms with van der Waals surface area (Å²) in [6.45, 7) is 4.06. The summed E-state index contributed by atoms with van der Waals surface area (Å²) in [7, 11) is 2.05. The van der Waals surface area contributed by atoms with Gasteiger partial charge in [0, 0.05) is 23.1 Å². The van der Waals surface area contributed by atoms with Crippen molar-refractivity contribution < 1.29 is 9.59 Å². The third kappa shape index (κ3) is 2.76. The van der Waals surface area contributed by atoms with Gasteiger partial charge in [-0.2, -0.15) is 0 Å². The molecule has 144 valence electrons. The highest BCUT2D eigenvalue weighted by Crippen LogP contribution is 2.37. The van der Waals surface area contributed by atoms with Crippen LogP contribution in [0.4, 0.5) is 0 Å². The van der Waals surface area contributed by atoms with Crippen LogP contribution in [-0.4, -0.2) is 16.1 Å². The zero-order valence-electron chi connectivity index (χ0n) is 16.4. The molecule has 1 aliphatic carbocycles. The van der Waals surface area contributed by atoms with Crippen molar-refractivity contribution in [2.75, 3.05) is 0 Å². The van der Waals surface area contributed by atoms with Gasteiger partial charge in [0.15, 0.2) is 11.6 Å². The first-order valence-corrected chi connectivity index (χ1v) is 11.2. The van der Waals surface area contributed by atoms with Gasteiger partial charge in [-0.3, -0.25) is 9.59 Å². The number of Topliss-reactive ketones (excluding diaryl/α,β-unsaturated/α-hetero) is 2. The molecule has 5 rings (SSSR count). The van der Waals surface area contributed by atoms with Gasteiger partial charge >= 0.3 is 0 Å². The van der Waals surface area contributed by atoms with Gasteiger partial charge in [-0.15, -0.1) is 22.7 Å². The van der Waals surface area contributed by atoms with Crippen molar-refractivity contribution >= 4 is 50.5 Å². The second kappa shape index (κ2) is 6.65. The van der Waals surface area contributed by atoms with E-state index in [1.54, 1.807) is 28.7 Å². The van der Waals surface area contributed by atoms with Crippen molar-refractivity contribution in [3.63, 3.8) is 0 Å². The molecule has 4 aromatic rings. The lowest BCUT2D eigenvalue weighted by Gasteiger charge is -2.04. The summed E-state index contributed by atoms with van der Waals surface area (Å²) < 4.78 is 3.33. The van der Waals surface area contributed by atoms with Crippen LogP contribution in [-0.2, 0) is 13.5 Å². The molecule has 0 aliphatic heterocycles. The lowest BCUT2D eigenvalue weighted by atomic mass is 9.99. The molecule has 0 amide bonds. The minimum Gasteiger partial charge on any atom is -0.342 e. The average Bonchev–Trinajstić information content (AvgIpc) is 3.46. The summed E-state index contributed by atoms with van der Waals surface area (Å²) in [6.07, 6.45) is 2.61. The maximum atomic E-state index is 12.9. The molecule has 0 N–H and O–H groups in total. The fourth-order valence-electron chi connectivity index (χ4n) is 4.04. The second-order valence-electron chi connectivity index (χ2n) is 7.36. The number of rotatable bonds is 3. The number of fused-ring (bicyclic) bond motifs is 2. The van der Waals surface area contributed by atoms with E-state index in [4.69, 9.17) is 0 Å². The fourth-order valence-corrected chi connectivity index (χ4v) is 5.89. The molecule has 0 spiro atoms. The molecule has 0 bridgehead atoms. The average molecular weight is 418 g/mol. The van der Waals surface area contributed by atoms with Gasteiger partial charge in [-0.25, -0.2) is 0 Å². The Labute approximate surface area is 176 Å². The van der Waals surface area contributed by atoms with Gasteiger partial charge in [-0.1, -0.05) is 13.0 Å². The van der Waals surface area contributed by atoms with Gasteiger partial charge in [0.2, 0.25) is 0 Å². The topological polar surface area (TPSA) is 39.1 Å². The number of thiophene rings is 2. The first-order valence-electron chi connectivity index (χ1n) is 9.55. The Balaban J connectivity index is 1.56. The van der Waals surface area contributed by atoms with Crippen LogP contribution in [0, 0.1) is 6.92 Å². The number of aromatic nitrogens is 1. The molecule has 0 fully saturated rings. The molecular weight excluding hydrogens is 398 g/mol. The van der Waals surface area contributed by atoms with Crippen molar-refractivity contribution in [1.82, 2.24) is 4.57 Å². The van der Waals surface area contributed by atoms with Crippen molar-refractivity contribution in [1.29, 1.82) is 0 Å². The highest BCUT2D eigenvalue weighted by molar-refractivity contribution is 7.20. The van der Waals surface area contributed by atoms with E-state index in [9.17, 15) is 9.59 Å². The van der Waals surface area contributed by atoms with Gasteiger partial charge in [0.05, 0.1) is 26.4 Å². The van der Waals surface area contributed by atoms with Crippen LogP contribution in [0.3, 0.4) is 0 Å². The van der Waals surface area contributed by atoms with E-state index < -0.39 is 0 Å². The van der Waals surface area contributed by atoms with E-state index in [-0.39, 0.29) is 17.1 Å². The van der Waals surface area contributed by atoms with Crippen LogP contribution in [0.25, 0.3) is 26.9 Å². The smallest absolute Gasteiger partial charge is 0.197 e. The lowest BCUT2D eigenvalue weighted by Crippen LogP contribution is -1.99.